The lowest BCUT2D eigenvalue weighted by Gasteiger charge is -2.10. The first-order valence-corrected chi connectivity index (χ1v) is 7.14. The number of hydrogen-bond donors (Lipinski definition) is 2. The Morgan fingerprint density at radius 3 is 2.79 bits per heavy atom. The molecule has 0 saturated heterocycles. The summed E-state index contributed by atoms with van der Waals surface area (Å²) in [6, 6.07) is 6.56. The first-order valence-electron chi connectivity index (χ1n) is 7.14. The second kappa shape index (κ2) is 6.73. The highest BCUT2D eigenvalue weighted by molar-refractivity contribution is 5.75. The highest BCUT2D eigenvalue weighted by Crippen LogP contribution is 2.09. The Morgan fingerprint density at radius 2 is 2.04 bits per heavy atom. The average molecular weight is 326 g/mol. The lowest BCUT2D eigenvalue weighted by Crippen LogP contribution is -2.35. The summed E-state index contributed by atoms with van der Waals surface area (Å²) < 4.78 is 2.72. The van der Waals surface area contributed by atoms with Gasteiger partial charge in [0.2, 0.25) is 5.91 Å². The van der Waals surface area contributed by atoms with E-state index in [1.807, 2.05) is 6.07 Å². The quantitative estimate of drug-likeness (QED) is 0.652. The molecule has 0 unspecified atom stereocenters. The summed E-state index contributed by atoms with van der Waals surface area (Å²) in [7, 11) is 0. The van der Waals surface area contributed by atoms with E-state index in [1.54, 1.807) is 35.4 Å². The zero-order valence-corrected chi connectivity index (χ0v) is 12.5. The van der Waals surface area contributed by atoms with Crippen LogP contribution in [0.2, 0.25) is 0 Å². The van der Waals surface area contributed by atoms with Crippen LogP contribution < -0.4 is 16.6 Å². The zero-order valence-electron chi connectivity index (χ0n) is 12.5. The van der Waals surface area contributed by atoms with Gasteiger partial charge in [0, 0.05) is 43.0 Å². The first kappa shape index (κ1) is 15.4. The van der Waals surface area contributed by atoms with Gasteiger partial charge in [-0.1, -0.05) is 6.07 Å². The first-order chi connectivity index (χ1) is 11.6. The van der Waals surface area contributed by atoms with E-state index in [0.29, 0.717) is 5.82 Å². The van der Waals surface area contributed by atoms with Crippen LogP contribution in [0.5, 0.6) is 0 Å². The van der Waals surface area contributed by atoms with E-state index >= 15 is 0 Å². The summed E-state index contributed by atoms with van der Waals surface area (Å²) in [4.78, 5) is 40.9. The Morgan fingerprint density at radius 1 is 1.17 bits per heavy atom. The number of aromatic amines is 1. The van der Waals surface area contributed by atoms with Crippen LogP contribution in [0.15, 0.2) is 58.6 Å². The molecule has 24 heavy (non-hydrogen) atoms. The smallest absolute Gasteiger partial charge is 0.328 e. The van der Waals surface area contributed by atoms with Gasteiger partial charge in [0.1, 0.15) is 6.54 Å². The molecule has 0 aromatic carbocycles. The molecule has 0 atom stereocenters. The molecule has 3 aromatic heterocycles. The molecule has 1 amide bonds. The topological polar surface area (TPSA) is 115 Å². The van der Waals surface area contributed by atoms with Crippen molar-refractivity contribution in [2.75, 3.05) is 0 Å². The van der Waals surface area contributed by atoms with Gasteiger partial charge >= 0.3 is 5.69 Å². The summed E-state index contributed by atoms with van der Waals surface area (Å²) in [5, 5.41) is 6.84. The number of nitrogens with zero attached hydrogens (tertiary/aromatic N) is 4. The van der Waals surface area contributed by atoms with E-state index in [9.17, 15) is 14.4 Å². The molecule has 3 rings (SSSR count). The second-order valence-corrected chi connectivity index (χ2v) is 4.95. The van der Waals surface area contributed by atoms with Gasteiger partial charge in [-0.25, -0.2) is 14.5 Å². The molecule has 0 spiro atoms. The summed E-state index contributed by atoms with van der Waals surface area (Å²) in [5.41, 5.74) is -0.351. The maximum absolute atomic E-state index is 12.0. The normalized spacial score (nSPS) is 10.5. The number of carbonyl (C=O) groups is 1. The number of aromatic nitrogens is 5. The SMILES string of the molecule is O=C(Cn1ccc(=O)[nH]c1=O)NCc1cccnc1-n1cccn1. The van der Waals surface area contributed by atoms with Crippen molar-refractivity contribution >= 4 is 5.91 Å². The Labute approximate surface area is 135 Å². The fourth-order valence-electron chi connectivity index (χ4n) is 2.14. The Hall–Kier alpha value is -3.49. The second-order valence-electron chi connectivity index (χ2n) is 4.95. The summed E-state index contributed by atoms with van der Waals surface area (Å²) in [6.07, 6.45) is 6.31. The number of H-pyrrole nitrogens is 1. The van der Waals surface area contributed by atoms with Gasteiger partial charge in [0.15, 0.2) is 5.82 Å². The van der Waals surface area contributed by atoms with Crippen molar-refractivity contribution in [2.45, 2.75) is 13.1 Å². The minimum absolute atomic E-state index is 0.188. The van der Waals surface area contributed by atoms with Crippen molar-refractivity contribution < 1.29 is 4.79 Å². The molecule has 0 aliphatic heterocycles. The van der Waals surface area contributed by atoms with Crippen LogP contribution in [-0.4, -0.2) is 30.2 Å². The number of rotatable bonds is 5. The molecule has 9 heteroatoms. The van der Waals surface area contributed by atoms with Crippen molar-refractivity contribution in [3.05, 3.63) is 75.5 Å². The number of amides is 1. The highest BCUT2D eigenvalue weighted by atomic mass is 16.2. The number of pyridine rings is 1. The molecule has 0 bridgehead atoms. The molecule has 2 N–H and O–H groups in total. The summed E-state index contributed by atoms with van der Waals surface area (Å²) >= 11 is 0. The minimum atomic E-state index is -0.628. The van der Waals surface area contributed by atoms with Crippen molar-refractivity contribution in [3.8, 4) is 5.82 Å². The van der Waals surface area contributed by atoms with Crippen LogP contribution in [0.1, 0.15) is 5.56 Å². The largest absolute Gasteiger partial charge is 0.350 e. The van der Waals surface area contributed by atoms with Gasteiger partial charge in [0.25, 0.3) is 5.56 Å². The van der Waals surface area contributed by atoms with E-state index in [0.717, 1.165) is 10.1 Å². The molecular weight excluding hydrogens is 312 g/mol. The van der Waals surface area contributed by atoms with E-state index < -0.39 is 11.2 Å². The number of hydrogen-bond acceptors (Lipinski definition) is 5. The van der Waals surface area contributed by atoms with Gasteiger partial charge < -0.3 is 5.32 Å². The Balaban J connectivity index is 1.69. The maximum Gasteiger partial charge on any atom is 0.328 e. The van der Waals surface area contributed by atoms with Gasteiger partial charge in [-0.05, 0) is 12.1 Å². The molecule has 122 valence electrons. The molecule has 3 aromatic rings. The standard InChI is InChI=1S/C15H14N6O3/c22-12-4-8-20(15(24)19-12)10-13(23)17-9-11-3-1-5-16-14(11)21-7-2-6-18-21/h1-8H,9-10H2,(H,17,23)(H,19,22,24). The molecule has 9 nitrogen and oxygen atoms in total. The molecule has 0 aliphatic rings. The number of carbonyl (C=O) groups excluding carboxylic acids is 1. The van der Waals surface area contributed by atoms with E-state index in [1.165, 1.54) is 12.3 Å². The third kappa shape index (κ3) is 3.46. The van der Waals surface area contributed by atoms with Crippen LogP contribution in [-0.2, 0) is 17.9 Å². The van der Waals surface area contributed by atoms with Gasteiger partial charge in [-0.3, -0.25) is 19.1 Å². The zero-order chi connectivity index (χ0) is 16.9. The van der Waals surface area contributed by atoms with E-state index in [2.05, 4.69) is 20.4 Å². The molecule has 3 heterocycles. The van der Waals surface area contributed by atoms with Crippen LogP contribution >= 0.6 is 0 Å². The van der Waals surface area contributed by atoms with Crippen LogP contribution in [0.25, 0.3) is 5.82 Å². The van der Waals surface area contributed by atoms with E-state index in [-0.39, 0.29) is 19.0 Å². The summed E-state index contributed by atoms with van der Waals surface area (Å²) in [5.74, 6) is 0.253. The van der Waals surface area contributed by atoms with Crippen molar-refractivity contribution in [2.24, 2.45) is 0 Å². The van der Waals surface area contributed by atoms with Crippen molar-refractivity contribution in [3.63, 3.8) is 0 Å². The third-order valence-corrected chi connectivity index (χ3v) is 3.28. The van der Waals surface area contributed by atoms with Crippen LogP contribution in [0.3, 0.4) is 0 Å². The Kier molecular flexibility index (Phi) is 4.32. The molecular formula is C15H14N6O3. The average Bonchev–Trinajstić information content (AvgIpc) is 3.10. The monoisotopic (exact) mass is 326 g/mol. The predicted molar refractivity (Wildman–Crippen MR) is 84.5 cm³/mol. The van der Waals surface area contributed by atoms with Crippen LogP contribution in [0, 0.1) is 0 Å². The summed E-state index contributed by atoms with van der Waals surface area (Å²) in [6.45, 7) is 0.0486. The van der Waals surface area contributed by atoms with Crippen LogP contribution in [0.4, 0.5) is 0 Å². The predicted octanol–water partition coefficient (Wildman–Crippen LogP) is -0.566. The molecule has 0 radical (unpaired) electrons. The fraction of sp³-hybridized carbons (Fsp3) is 0.133. The highest BCUT2D eigenvalue weighted by Gasteiger charge is 2.09. The van der Waals surface area contributed by atoms with Gasteiger partial charge in [-0.2, -0.15) is 5.10 Å². The fourth-order valence-corrected chi connectivity index (χ4v) is 2.14. The lowest BCUT2D eigenvalue weighted by molar-refractivity contribution is -0.121. The van der Waals surface area contributed by atoms with Crippen molar-refractivity contribution in [1.29, 1.82) is 0 Å². The third-order valence-electron chi connectivity index (χ3n) is 3.28. The van der Waals surface area contributed by atoms with Gasteiger partial charge in [-0.15, -0.1) is 0 Å². The molecule has 0 aliphatic carbocycles. The van der Waals surface area contributed by atoms with E-state index in [4.69, 9.17) is 0 Å². The molecule has 0 fully saturated rings. The number of nitrogens with one attached hydrogen (secondary N) is 2. The molecule has 0 saturated carbocycles. The Bertz CT molecular complexity index is 958. The van der Waals surface area contributed by atoms with Gasteiger partial charge in [0.05, 0.1) is 0 Å². The van der Waals surface area contributed by atoms with Crippen molar-refractivity contribution in [1.82, 2.24) is 29.6 Å². The minimum Gasteiger partial charge on any atom is -0.350 e. The lowest BCUT2D eigenvalue weighted by atomic mass is 10.2. The maximum atomic E-state index is 12.0.